The van der Waals surface area contributed by atoms with E-state index in [1.54, 1.807) is 0 Å². The summed E-state index contributed by atoms with van der Waals surface area (Å²) in [6.07, 6.45) is 2.64. The maximum atomic E-state index is 11.5. The molecule has 7 heteroatoms. The van der Waals surface area contributed by atoms with Gasteiger partial charge in [0.05, 0.1) is 13.2 Å². The topological polar surface area (TPSA) is 66.0 Å². The van der Waals surface area contributed by atoms with E-state index in [1.165, 1.54) is 12.8 Å². The zero-order valence-corrected chi connectivity index (χ0v) is 17.3. The van der Waals surface area contributed by atoms with Crippen LogP contribution in [-0.4, -0.2) is 63.2 Å². The second-order valence-electron chi connectivity index (χ2n) is 6.12. The van der Waals surface area contributed by atoms with Crippen molar-refractivity contribution in [2.45, 2.75) is 33.6 Å². The Kier molecular flexibility index (Phi) is 12.5. The highest BCUT2D eigenvalue weighted by Crippen LogP contribution is 2.28. The molecule has 0 aliphatic heterocycles. The lowest BCUT2D eigenvalue weighted by Gasteiger charge is -2.22. The van der Waals surface area contributed by atoms with E-state index < -0.39 is 0 Å². The number of ether oxygens (including phenoxy) is 1. The zero-order valence-electron chi connectivity index (χ0n) is 14.9. The van der Waals surface area contributed by atoms with Crippen LogP contribution in [0.3, 0.4) is 0 Å². The third-order valence-electron chi connectivity index (χ3n) is 3.51. The fourth-order valence-corrected chi connectivity index (χ4v) is 1.86. The summed E-state index contributed by atoms with van der Waals surface area (Å²) >= 11 is 0. The maximum absolute atomic E-state index is 11.5. The van der Waals surface area contributed by atoms with E-state index in [4.69, 9.17) is 4.74 Å². The van der Waals surface area contributed by atoms with E-state index in [2.05, 4.69) is 20.5 Å². The summed E-state index contributed by atoms with van der Waals surface area (Å²) in [5.74, 6) is 1.75. The van der Waals surface area contributed by atoms with Gasteiger partial charge in [0.1, 0.15) is 0 Å². The van der Waals surface area contributed by atoms with Gasteiger partial charge < -0.3 is 20.3 Å². The minimum absolute atomic E-state index is 0. The molecule has 0 aromatic rings. The molecular formula is C16H33IN4O2. The summed E-state index contributed by atoms with van der Waals surface area (Å²) in [6, 6.07) is 0. The highest BCUT2D eigenvalue weighted by molar-refractivity contribution is 14.0. The van der Waals surface area contributed by atoms with Gasteiger partial charge in [0.15, 0.2) is 5.96 Å². The Bertz CT molecular complexity index is 360. The first-order valence-electron chi connectivity index (χ1n) is 8.39. The molecule has 23 heavy (non-hydrogen) atoms. The molecule has 0 radical (unpaired) electrons. The number of nitrogens with one attached hydrogen (secondary N) is 2. The van der Waals surface area contributed by atoms with E-state index in [0.717, 1.165) is 38.2 Å². The van der Waals surface area contributed by atoms with Gasteiger partial charge in [0, 0.05) is 39.2 Å². The third kappa shape index (κ3) is 10.8. The van der Waals surface area contributed by atoms with E-state index in [9.17, 15) is 4.79 Å². The molecule has 136 valence electrons. The van der Waals surface area contributed by atoms with Crippen LogP contribution in [-0.2, 0) is 9.53 Å². The summed E-state index contributed by atoms with van der Waals surface area (Å²) < 4.78 is 5.66. The van der Waals surface area contributed by atoms with Crippen molar-refractivity contribution in [2.24, 2.45) is 16.8 Å². The molecule has 0 atom stereocenters. The molecule has 0 bridgehead atoms. The number of nitrogens with zero attached hydrogens (tertiary/aromatic N) is 2. The summed E-state index contributed by atoms with van der Waals surface area (Å²) in [4.78, 5) is 18.1. The smallest absolute Gasteiger partial charge is 0.222 e. The summed E-state index contributed by atoms with van der Waals surface area (Å²) in [7, 11) is 2.01. The lowest BCUT2D eigenvalue weighted by molar-refractivity contribution is -0.123. The van der Waals surface area contributed by atoms with Crippen molar-refractivity contribution in [1.29, 1.82) is 0 Å². The molecule has 0 saturated heterocycles. The second kappa shape index (κ2) is 12.8. The SMILES string of the molecule is CCNC(=NCCNC(=O)C(C)C)N(C)CCOCC1CC1.I. The molecule has 1 amide bonds. The minimum atomic E-state index is 0. The van der Waals surface area contributed by atoms with E-state index in [0.29, 0.717) is 13.1 Å². The predicted octanol–water partition coefficient (Wildman–Crippen LogP) is 1.70. The van der Waals surface area contributed by atoms with Crippen LogP contribution in [0.4, 0.5) is 0 Å². The number of rotatable bonds is 10. The van der Waals surface area contributed by atoms with Gasteiger partial charge in [-0.3, -0.25) is 9.79 Å². The summed E-state index contributed by atoms with van der Waals surface area (Å²) in [5, 5.41) is 6.14. The molecule has 0 spiro atoms. The monoisotopic (exact) mass is 440 g/mol. The fourth-order valence-electron chi connectivity index (χ4n) is 1.86. The summed E-state index contributed by atoms with van der Waals surface area (Å²) in [5.41, 5.74) is 0. The third-order valence-corrected chi connectivity index (χ3v) is 3.51. The Labute approximate surface area is 157 Å². The molecule has 1 saturated carbocycles. The number of carbonyl (C=O) groups is 1. The van der Waals surface area contributed by atoms with Crippen LogP contribution >= 0.6 is 24.0 Å². The van der Waals surface area contributed by atoms with E-state index in [1.807, 2.05) is 27.8 Å². The van der Waals surface area contributed by atoms with Gasteiger partial charge in [-0.05, 0) is 25.7 Å². The van der Waals surface area contributed by atoms with Crippen molar-refractivity contribution in [3.05, 3.63) is 0 Å². The van der Waals surface area contributed by atoms with Gasteiger partial charge in [0.2, 0.25) is 5.91 Å². The fraction of sp³-hybridized carbons (Fsp3) is 0.875. The molecule has 0 aromatic heterocycles. The number of hydrogen-bond acceptors (Lipinski definition) is 3. The Morgan fingerprint density at radius 2 is 2.04 bits per heavy atom. The minimum Gasteiger partial charge on any atom is -0.379 e. The largest absolute Gasteiger partial charge is 0.379 e. The number of aliphatic imine (C=N–C) groups is 1. The zero-order chi connectivity index (χ0) is 16.4. The number of halogens is 1. The molecule has 6 nitrogen and oxygen atoms in total. The van der Waals surface area contributed by atoms with Crippen molar-refractivity contribution in [2.75, 3.05) is 46.4 Å². The molecule has 1 aliphatic rings. The van der Waals surface area contributed by atoms with Gasteiger partial charge in [-0.2, -0.15) is 0 Å². The summed E-state index contributed by atoms with van der Waals surface area (Å²) in [6.45, 7) is 10.2. The average molecular weight is 440 g/mol. The molecule has 1 fully saturated rings. The van der Waals surface area contributed by atoms with Crippen LogP contribution in [0.1, 0.15) is 33.6 Å². The van der Waals surface area contributed by atoms with Crippen molar-refractivity contribution < 1.29 is 9.53 Å². The second-order valence-corrected chi connectivity index (χ2v) is 6.12. The molecule has 0 heterocycles. The van der Waals surface area contributed by atoms with Gasteiger partial charge in [-0.25, -0.2) is 0 Å². The van der Waals surface area contributed by atoms with Crippen LogP contribution in [0.5, 0.6) is 0 Å². The highest BCUT2D eigenvalue weighted by atomic mass is 127. The van der Waals surface area contributed by atoms with Crippen LogP contribution in [0.25, 0.3) is 0 Å². The van der Waals surface area contributed by atoms with Crippen LogP contribution in [0, 0.1) is 11.8 Å². The van der Waals surface area contributed by atoms with Gasteiger partial charge >= 0.3 is 0 Å². The number of amides is 1. The first-order chi connectivity index (χ1) is 10.5. The standard InChI is InChI=1S/C16H32N4O2.HI/c1-5-17-16(19-9-8-18-15(21)13(2)3)20(4)10-11-22-12-14-6-7-14;/h13-14H,5-12H2,1-4H3,(H,17,19)(H,18,21);1H. The van der Waals surface area contributed by atoms with Crippen molar-refractivity contribution in [1.82, 2.24) is 15.5 Å². The van der Waals surface area contributed by atoms with E-state index in [-0.39, 0.29) is 35.8 Å². The van der Waals surface area contributed by atoms with Gasteiger partial charge in [-0.15, -0.1) is 24.0 Å². The average Bonchev–Trinajstić information content (AvgIpc) is 3.30. The quantitative estimate of drug-likeness (QED) is 0.235. The Morgan fingerprint density at radius 1 is 1.35 bits per heavy atom. The van der Waals surface area contributed by atoms with E-state index >= 15 is 0 Å². The molecule has 1 rings (SSSR count). The number of hydrogen-bond donors (Lipinski definition) is 2. The number of likely N-dealkylation sites (N-methyl/N-ethyl adjacent to an activating group) is 1. The normalized spacial score (nSPS) is 14.4. The molecule has 0 unspecified atom stereocenters. The first kappa shape index (κ1) is 22.4. The van der Waals surface area contributed by atoms with Crippen LogP contribution in [0.2, 0.25) is 0 Å². The lowest BCUT2D eigenvalue weighted by atomic mass is 10.2. The van der Waals surface area contributed by atoms with Crippen LogP contribution < -0.4 is 10.6 Å². The molecular weight excluding hydrogens is 407 g/mol. The first-order valence-corrected chi connectivity index (χ1v) is 8.39. The van der Waals surface area contributed by atoms with Crippen molar-refractivity contribution in [3.8, 4) is 0 Å². The van der Waals surface area contributed by atoms with Crippen molar-refractivity contribution >= 4 is 35.8 Å². The maximum Gasteiger partial charge on any atom is 0.222 e. The predicted molar refractivity (Wildman–Crippen MR) is 105 cm³/mol. The Hall–Kier alpha value is -0.570. The highest BCUT2D eigenvalue weighted by Gasteiger charge is 2.21. The molecule has 2 N–H and O–H groups in total. The van der Waals surface area contributed by atoms with Crippen LogP contribution in [0.15, 0.2) is 4.99 Å². The Morgan fingerprint density at radius 3 is 2.61 bits per heavy atom. The van der Waals surface area contributed by atoms with Crippen molar-refractivity contribution in [3.63, 3.8) is 0 Å². The Balaban J connectivity index is 0.00000484. The van der Waals surface area contributed by atoms with Gasteiger partial charge in [-0.1, -0.05) is 13.8 Å². The van der Waals surface area contributed by atoms with Gasteiger partial charge in [0.25, 0.3) is 0 Å². The molecule has 1 aliphatic carbocycles. The number of carbonyl (C=O) groups excluding carboxylic acids is 1. The lowest BCUT2D eigenvalue weighted by Crippen LogP contribution is -2.41. The molecule has 0 aromatic carbocycles. The number of guanidine groups is 1.